The average Bonchev–Trinajstić information content (AvgIpc) is 3.48. The van der Waals surface area contributed by atoms with Crippen molar-refractivity contribution in [2.45, 2.75) is 32.6 Å². The smallest absolute Gasteiger partial charge is 0.225 e. The maximum absolute atomic E-state index is 8.98. The van der Waals surface area contributed by atoms with E-state index >= 15 is 0 Å². The zero-order chi connectivity index (χ0) is 19.5. The number of halogens is 1. The summed E-state index contributed by atoms with van der Waals surface area (Å²) in [7, 11) is 0. The van der Waals surface area contributed by atoms with Crippen LogP contribution in [0.3, 0.4) is 0 Å². The molecule has 0 radical (unpaired) electrons. The highest BCUT2D eigenvalue weighted by Crippen LogP contribution is 2.49. The summed E-state index contributed by atoms with van der Waals surface area (Å²) in [5.41, 5.74) is 0.350. The molecule has 146 valence electrons. The highest BCUT2D eigenvalue weighted by molar-refractivity contribution is 6.30. The molecule has 1 saturated carbocycles. The van der Waals surface area contributed by atoms with Crippen molar-refractivity contribution in [3.63, 3.8) is 0 Å². The Kier molecular flexibility index (Phi) is 5.58. The van der Waals surface area contributed by atoms with Gasteiger partial charge in [0.05, 0.1) is 24.0 Å². The maximum Gasteiger partial charge on any atom is 0.225 e. The summed E-state index contributed by atoms with van der Waals surface area (Å²) in [5, 5.41) is 9.55. The van der Waals surface area contributed by atoms with Crippen molar-refractivity contribution in [3.05, 3.63) is 35.0 Å². The normalized spacial score (nSPS) is 22.0. The van der Waals surface area contributed by atoms with Crippen LogP contribution >= 0.6 is 11.6 Å². The molecule has 4 rings (SSSR count). The second-order valence-electron chi connectivity index (χ2n) is 7.57. The van der Waals surface area contributed by atoms with Crippen LogP contribution in [0.2, 0.25) is 5.02 Å². The molecule has 1 saturated heterocycles. The van der Waals surface area contributed by atoms with Crippen molar-refractivity contribution in [3.8, 4) is 11.9 Å². The molecule has 0 unspecified atom stereocenters. The molecule has 0 spiro atoms. The first-order valence-corrected chi connectivity index (χ1v) is 10.1. The van der Waals surface area contributed by atoms with Crippen molar-refractivity contribution in [2.75, 3.05) is 24.6 Å². The van der Waals surface area contributed by atoms with Gasteiger partial charge in [-0.15, -0.1) is 0 Å². The van der Waals surface area contributed by atoms with Gasteiger partial charge in [-0.05, 0) is 50.4 Å². The lowest BCUT2D eigenvalue weighted by Crippen LogP contribution is -2.35. The molecular formula is C20H23ClN6O. The van der Waals surface area contributed by atoms with E-state index in [1.54, 1.807) is 25.4 Å². The second kappa shape index (κ2) is 8.27. The number of hydrogen-bond acceptors (Lipinski definition) is 7. The molecule has 0 amide bonds. The van der Waals surface area contributed by atoms with E-state index in [4.69, 9.17) is 21.6 Å². The number of aryl methyl sites for hydroxylation is 1. The molecule has 1 aliphatic carbocycles. The zero-order valence-corrected chi connectivity index (χ0v) is 16.6. The summed E-state index contributed by atoms with van der Waals surface area (Å²) < 4.78 is 5.76. The minimum absolute atomic E-state index is 0.350. The van der Waals surface area contributed by atoms with Crippen molar-refractivity contribution < 1.29 is 4.74 Å². The SMILES string of the molecule is Cc1nc(C#N)cc(OCC[C@@H]2C[C@H]2C2CCN(c3ncc(Cl)cn3)CC2)n1. The Morgan fingerprint density at radius 3 is 2.71 bits per heavy atom. The van der Waals surface area contributed by atoms with Gasteiger partial charge in [-0.2, -0.15) is 10.2 Å². The first-order valence-electron chi connectivity index (χ1n) is 9.73. The van der Waals surface area contributed by atoms with Gasteiger partial charge in [0, 0.05) is 19.2 Å². The molecule has 0 aromatic carbocycles. The summed E-state index contributed by atoms with van der Waals surface area (Å²) in [6.45, 7) is 4.42. The summed E-state index contributed by atoms with van der Waals surface area (Å²) in [5.74, 6) is 4.16. The molecule has 8 heteroatoms. The Labute approximate surface area is 169 Å². The Hall–Kier alpha value is -2.46. The Morgan fingerprint density at radius 1 is 1.25 bits per heavy atom. The van der Waals surface area contributed by atoms with E-state index in [1.165, 1.54) is 19.3 Å². The molecule has 0 bridgehead atoms. The third-order valence-electron chi connectivity index (χ3n) is 5.68. The molecule has 2 aromatic heterocycles. The van der Waals surface area contributed by atoms with Gasteiger partial charge in [0.25, 0.3) is 0 Å². The molecule has 0 N–H and O–H groups in total. The second-order valence-corrected chi connectivity index (χ2v) is 8.01. The summed E-state index contributed by atoms with van der Waals surface area (Å²) in [6.07, 6.45) is 8.01. The lowest BCUT2D eigenvalue weighted by molar-refractivity contribution is 0.275. The lowest BCUT2D eigenvalue weighted by atomic mass is 9.90. The van der Waals surface area contributed by atoms with Gasteiger partial charge >= 0.3 is 0 Å². The van der Waals surface area contributed by atoms with E-state index in [2.05, 4.69) is 24.8 Å². The number of aromatic nitrogens is 4. The summed E-state index contributed by atoms with van der Waals surface area (Å²) >= 11 is 5.87. The van der Waals surface area contributed by atoms with Gasteiger partial charge in [-0.1, -0.05) is 11.6 Å². The fourth-order valence-corrected chi connectivity index (χ4v) is 4.26. The molecular weight excluding hydrogens is 376 g/mol. The quantitative estimate of drug-likeness (QED) is 0.736. The largest absolute Gasteiger partial charge is 0.478 e. The van der Waals surface area contributed by atoms with Crippen LogP contribution in [0.25, 0.3) is 0 Å². The third kappa shape index (κ3) is 4.50. The molecule has 28 heavy (non-hydrogen) atoms. The number of nitrogens with zero attached hydrogens (tertiary/aromatic N) is 6. The van der Waals surface area contributed by atoms with Crippen LogP contribution in [0, 0.1) is 36.0 Å². The van der Waals surface area contributed by atoms with Crippen molar-refractivity contribution in [2.24, 2.45) is 17.8 Å². The van der Waals surface area contributed by atoms with E-state index in [1.807, 2.05) is 6.07 Å². The van der Waals surface area contributed by atoms with Crippen LogP contribution in [-0.2, 0) is 0 Å². The van der Waals surface area contributed by atoms with E-state index < -0.39 is 0 Å². The van der Waals surface area contributed by atoms with E-state index in [0.29, 0.717) is 29.0 Å². The maximum atomic E-state index is 8.98. The molecule has 2 aliphatic rings. The number of rotatable bonds is 6. The number of anilines is 1. The Balaban J connectivity index is 1.20. The Morgan fingerprint density at radius 2 is 2.00 bits per heavy atom. The van der Waals surface area contributed by atoms with Crippen LogP contribution in [-0.4, -0.2) is 39.6 Å². The number of nitriles is 1. The van der Waals surface area contributed by atoms with Crippen LogP contribution in [0.1, 0.15) is 37.2 Å². The predicted octanol–water partition coefficient (Wildman–Crippen LogP) is 3.42. The van der Waals surface area contributed by atoms with Gasteiger partial charge < -0.3 is 9.64 Å². The standard InChI is InChI=1S/C20H23ClN6O/c1-13-25-17(10-22)9-19(26-13)28-7-4-15-8-18(15)14-2-5-27(6-3-14)20-23-11-16(21)12-24-20/h9,11-12,14-15,18H,2-8H2,1H3/t15-,18+/m1/s1. The molecule has 2 atom stereocenters. The molecule has 2 aromatic rings. The number of hydrogen-bond donors (Lipinski definition) is 0. The first kappa shape index (κ1) is 18.9. The number of ether oxygens (including phenoxy) is 1. The molecule has 7 nitrogen and oxygen atoms in total. The van der Waals surface area contributed by atoms with Crippen LogP contribution in [0.5, 0.6) is 5.88 Å². The number of piperidine rings is 1. The monoisotopic (exact) mass is 398 g/mol. The van der Waals surface area contributed by atoms with Gasteiger partial charge in [-0.3, -0.25) is 0 Å². The minimum Gasteiger partial charge on any atom is -0.478 e. The molecule has 1 aliphatic heterocycles. The zero-order valence-electron chi connectivity index (χ0n) is 15.9. The summed E-state index contributed by atoms with van der Waals surface area (Å²) in [4.78, 5) is 19.2. The average molecular weight is 399 g/mol. The fourth-order valence-electron chi connectivity index (χ4n) is 4.16. The van der Waals surface area contributed by atoms with Crippen LogP contribution in [0.15, 0.2) is 18.5 Å². The predicted molar refractivity (Wildman–Crippen MR) is 105 cm³/mol. The van der Waals surface area contributed by atoms with Crippen molar-refractivity contribution in [1.82, 2.24) is 19.9 Å². The van der Waals surface area contributed by atoms with Gasteiger partial charge in [0.1, 0.15) is 17.6 Å². The van der Waals surface area contributed by atoms with Crippen LogP contribution in [0.4, 0.5) is 5.95 Å². The fraction of sp³-hybridized carbons (Fsp3) is 0.550. The molecule has 3 heterocycles. The van der Waals surface area contributed by atoms with Gasteiger partial charge in [0.2, 0.25) is 11.8 Å². The van der Waals surface area contributed by atoms with E-state index in [0.717, 1.165) is 43.2 Å². The first-order chi connectivity index (χ1) is 13.6. The topological polar surface area (TPSA) is 87.8 Å². The van der Waals surface area contributed by atoms with Crippen LogP contribution < -0.4 is 9.64 Å². The van der Waals surface area contributed by atoms with Gasteiger partial charge in [0.15, 0.2) is 0 Å². The lowest BCUT2D eigenvalue weighted by Gasteiger charge is -2.32. The van der Waals surface area contributed by atoms with Crippen molar-refractivity contribution >= 4 is 17.5 Å². The van der Waals surface area contributed by atoms with E-state index in [-0.39, 0.29) is 0 Å². The van der Waals surface area contributed by atoms with Gasteiger partial charge in [-0.25, -0.2) is 15.0 Å². The molecule has 2 fully saturated rings. The highest BCUT2D eigenvalue weighted by Gasteiger charge is 2.43. The highest BCUT2D eigenvalue weighted by atomic mass is 35.5. The summed E-state index contributed by atoms with van der Waals surface area (Å²) in [6, 6.07) is 3.64. The minimum atomic E-state index is 0.350. The Bertz CT molecular complexity index is 860. The van der Waals surface area contributed by atoms with Crippen molar-refractivity contribution in [1.29, 1.82) is 5.26 Å². The van der Waals surface area contributed by atoms with E-state index in [9.17, 15) is 0 Å². The third-order valence-corrected chi connectivity index (χ3v) is 5.87.